The number of ether oxygens (including phenoxy) is 1. The Balaban J connectivity index is 1.56. The molecule has 2 aliphatic heterocycles. The molecule has 2 atom stereocenters. The number of carbonyl (C=O) groups is 1. The van der Waals surface area contributed by atoms with Crippen molar-refractivity contribution < 1.29 is 19.0 Å². The lowest BCUT2D eigenvalue weighted by molar-refractivity contribution is -0.0529. The van der Waals surface area contributed by atoms with Crippen molar-refractivity contribution in [2.24, 2.45) is 4.99 Å². The monoisotopic (exact) mass is 437 g/mol. The van der Waals surface area contributed by atoms with Crippen LogP contribution >= 0.6 is 0 Å². The fourth-order valence-corrected chi connectivity index (χ4v) is 4.40. The maximum atomic E-state index is 15.3. The largest absolute Gasteiger partial charge is 0.391 e. The first-order valence-electron chi connectivity index (χ1n) is 10.9. The van der Waals surface area contributed by atoms with Gasteiger partial charge in [-0.3, -0.25) is 4.79 Å². The third-order valence-electron chi connectivity index (χ3n) is 6.41. The maximum Gasteiger partial charge on any atom is 0.255 e. The molecule has 1 fully saturated rings. The Morgan fingerprint density at radius 1 is 1.38 bits per heavy atom. The second kappa shape index (κ2) is 9.30. The highest BCUT2D eigenvalue weighted by atomic mass is 19.1. The SMILES string of the molecule is CN=CCC(=N)c1ccc(Cc2cc3c(c(F)c2C)CN(C2COCCC2O)C3=O)cc1. The fraction of sp³-hybridized carbons (Fsp3) is 0.400. The van der Waals surface area contributed by atoms with Gasteiger partial charge < -0.3 is 25.1 Å². The zero-order valence-electron chi connectivity index (χ0n) is 18.4. The summed E-state index contributed by atoms with van der Waals surface area (Å²) in [5.41, 5.74) is 4.36. The molecule has 7 heteroatoms. The number of fused-ring (bicyclic) bond motifs is 1. The molecule has 2 aromatic carbocycles. The summed E-state index contributed by atoms with van der Waals surface area (Å²) in [6.45, 7) is 2.63. The highest BCUT2D eigenvalue weighted by Crippen LogP contribution is 2.33. The van der Waals surface area contributed by atoms with Crippen molar-refractivity contribution in [1.29, 1.82) is 5.41 Å². The quantitative estimate of drug-likeness (QED) is 0.680. The number of hydrogen-bond acceptors (Lipinski definition) is 5. The molecule has 0 radical (unpaired) electrons. The predicted molar refractivity (Wildman–Crippen MR) is 121 cm³/mol. The lowest BCUT2D eigenvalue weighted by Crippen LogP contribution is -2.49. The number of rotatable bonds is 6. The summed E-state index contributed by atoms with van der Waals surface area (Å²) in [7, 11) is 1.68. The van der Waals surface area contributed by atoms with Gasteiger partial charge in [0.25, 0.3) is 5.91 Å². The van der Waals surface area contributed by atoms with Gasteiger partial charge in [-0.2, -0.15) is 0 Å². The number of nitrogens with one attached hydrogen (secondary N) is 1. The van der Waals surface area contributed by atoms with Crippen LogP contribution in [-0.4, -0.2) is 60.2 Å². The first kappa shape index (κ1) is 22.3. The summed E-state index contributed by atoms with van der Waals surface area (Å²) >= 11 is 0. The third kappa shape index (κ3) is 4.23. The lowest BCUT2D eigenvalue weighted by atomic mass is 9.94. The smallest absolute Gasteiger partial charge is 0.255 e. The lowest BCUT2D eigenvalue weighted by Gasteiger charge is -2.34. The van der Waals surface area contributed by atoms with Crippen LogP contribution in [0.15, 0.2) is 35.3 Å². The number of hydrogen-bond donors (Lipinski definition) is 2. The van der Waals surface area contributed by atoms with Gasteiger partial charge in [0, 0.05) is 43.1 Å². The molecule has 6 nitrogen and oxygen atoms in total. The van der Waals surface area contributed by atoms with E-state index in [1.807, 2.05) is 24.3 Å². The van der Waals surface area contributed by atoms with Crippen LogP contribution in [0.5, 0.6) is 0 Å². The van der Waals surface area contributed by atoms with E-state index in [2.05, 4.69) is 4.99 Å². The summed E-state index contributed by atoms with van der Waals surface area (Å²) in [6.07, 6.45) is 2.47. The summed E-state index contributed by atoms with van der Waals surface area (Å²) in [5, 5.41) is 18.4. The number of aliphatic imine (C=N–C) groups is 1. The number of benzene rings is 2. The number of aliphatic hydroxyl groups is 1. The van der Waals surface area contributed by atoms with Crippen LogP contribution in [0.3, 0.4) is 0 Å². The number of nitrogens with zero attached hydrogens (tertiary/aromatic N) is 2. The van der Waals surface area contributed by atoms with E-state index in [1.54, 1.807) is 31.2 Å². The van der Waals surface area contributed by atoms with E-state index in [0.29, 0.717) is 48.3 Å². The first-order valence-corrected chi connectivity index (χ1v) is 10.9. The van der Waals surface area contributed by atoms with Crippen molar-refractivity contribution in [1.82, 2.24) is 4.90 Å². The highest BCUT2D eigenvalue weighted by molar-refractivity contribution is 6.05. The Labute approximate surface area is 187 Å². The van der Waals surface area contributed by atoms with Gasteiger partial charge >= 0.3 is 0 Å². The van der Waals surface area contributed by atoms with Gasteiger partial charge in [0.05, 0.1) is 25.3 Å². The van der Waals surface area contributed by atoms with E-state index in [4.69, 9.17) is 10.1 Å². The maximum absolute atomic E-state index is 15.3. The molecule has 2 heterocycles. The molecule has 0 aliphatic carbocycles. The van der Waals surface area contributed by atoms with Gasteiger partial charge in [-0.05, 0) is 48.1 Å². The zero-order chi connectivity index (χ0) is 22.8. The summed E-state index contributed by atoms with van der Waals surface area (Å²) in [6, 6.07) is 8.98. The standard InChI is InChI=1S/C25H28FN3O3/c1-15-18(11-16-3-5-17(6-4-16)21(27)7-9-28-2)12-19-20(24(15)26)13-29(25(19)31)22-14-32-10-8-23(22)30/h3-6,9,12,22-23,27,30H,7-8,10-11,13-14H2,1-2H3. The molecule has 32 heavy (non-hydrogen) atoms. The van der Waals surface area contributed by atoms with Crippen LogP contribution in [0.1, 0.15) is 51.0 Å². The molecule has 1 amide bonds. The Morgan fingerprint density at radius 2 is 2.12 bits per heavy atom. The molecular formula is C25H28FN3O3. The van der Waals surface area contributed by atoms with Gasteiger partial charge in [0.15, 0.2) is 0 Å². The normalized spacial score (nSPS) is 20.8. The molecule has 2 aliphatic rings. The van der Waals surface area contributed by atoms with Gasteiger partial charge in [0.1, 0.15) is 5.82 Å². The minimum atomic E-state index is -0.661. The van der Waals surface area contributed by atoms with Crippen LogP contribution in [0.2, 0.25) is 0 Å². The van der Waals surface area contributed by atoms with Gasteiger partial charge in [0.2, 0.25) is 0 Å². The first-order chi connectivity index (χ1) is 15.4. The molecule has 168 valence electrons. The van der Waals surface area contributed by atoms with E-state index in [0.717, 1.165) is 16.7 Å². The molecule has 0 saturated carbocycles. The van der Waals surface area contributed by atoms with Crippen LogP contribution in [-0.2, 0) is 17.7 Å². The highest BCUT2D eigenvalue weighted by Gasteiger charge is 2.39. The van der Waals surface area contributed by atoms with Crippen molar-refractivity contribution in [3.63, 3.8) is 0 Å². The molecule has 2 aromatic rings. The van der Waals surface area contributed by atoms with E-state index in [9.17, 15) is 9.90 Å². The Kier molecular flexibility index (Phi) is 6.48. The van der Waals surface area contributed by atoms with Crippen molar-refractivity contribution in [3.8, 4) is 0 Å². The second-order valence-electron chi connectivity index (χ2n) is 8.43. The third-order valence-corrected chi connectivity index (χ3v) is 6.41. The summed E-state index contributed by atoms with van der Waals surface area (Å²) in [5.74, 6) is -0.604. The van der Waals surface area contributed by atoms with Crippen molar-refractivity contribution in [3.05, 3.63) is 69.5 Å². The van der Waals surface area contributed by atoms with Crippen LogP contribution in [0.4, 0.5) is 4.39 Å². The van der Waals surface area contributed by atoms with Gasteiger partial charge in [-0.1, -0.05) is 24.3 Å². The molecule has 4 rings (SSSR count). The van der Waals surface area contributed by atoms with Crippen molar-refractivity contribution in [2.45, 2.75) is 44.9 Å². The molecule has 2 N–H and O–H groups in total. The van der Waals surface area contributed by atoms with Crippen molar-refractivity contribution in [2.75, 3.05) is 20.3 Å². The molecule has 0 bridgehead atoms. The summed E-state index contributed by atoms with van der Waals surface area (Å²) in [4.78, 5) is 18.5. The Morgan fingerprint density at radius 3 is 2.81 bits per heavy atom. The topological polar surface area (TPSA) is 86.0 Å². The zero-order valence-corrected chi connectivity index (χ0v) is 18.4. The molecule has 0 spiro atoms. The van der Waals surface area contributed by atoms with Crippen LogP contribution < -0.4 is 0 Å². The van der Waals surface area contributed by atoms with Crippen LogP contribution in [0.25, 0.3) is 0 Å². The Hall–Kier alpha value is -2.90. The van der Waals surface area contributed by atoms with E-state index in [1.165, 1.54) is 0 Å². The molecule has 1 saturated heterocycles. The van der Waals surface area contributed by atoms with E-state index < -0.39 is 12.1 Å². The van der Waals surface area contributed by atoms with Crippen LogP contribution in [0, 0.1) is 18.2 Å². The van der Waals surface area contributed by atoms with Gasteiger partial charge in [-0.15, -0.1) is 0 Å². The molecule has 2 unspecified atom stereocenters. The van der Waals surface area contributed by atoms with Gasteiger partial charge in [-0.25, -0.2) is 4.39 Å². The minimum Gasteiger partial charge on any atom is -0.391 e. The number of aliphatic hydroxyl groups excluding tert-OH is 1. The van der Waals surface area contributed by atoms with E-state index >= 15 is 4.39 Å². The predicted octanol–water partition coefficient (Wildman–Crippen LogP) is 3.29. The average Bonchev–Trinajstić information content (AvgIpc) is 3.12. The molecule has 0 aromatic heterocycles. The van der Waals surface area contributed by atoms with E-state index in [-0.39, 0.29) is 24.9 Å². The fourth-order valence-electron chi connectivity index (χ4n) is 4.40. The molecular weight excluding hydrogens is 409 g/mol. The number of halogens is 1. The average molecular weight is 438 g/mol. The minimum absolute atomic E-state index is 0.157. The number of carbonyl (C=O) groups excluding carboxylic acids is 1. The second-order valence-corrected chi connectivity index (χ2v) is 8.43. The number of amides is 1. The summed E-state index contributed by atoms with van der Waals surface area (Å²) < 4.78 is 20.7. The van der Waals surface area contributed by atoms with Crippen molar-refractivity contribution >= 4 is 17.8 Å². The Bertz CT molecular complexity index is 1070.